The van der Waals surface area contributed by atoms with Crippen LogP contribution in [0, 0.1) is 5.92 Å². The number of rotatable bonds is 8. The van der Waals surface area contributed by atoms with Gasteiger partial charge in [0.05, 0.1) is 19.6 Å². The van der Waals surface area contributed by atoms with E-state index in [4.69, 9.17) is 21.1 Å². The number of hydrogen-bond donors (Lipinski definition) is 0. The quantitative estimate of drug-likeness (QED) is 0.596. The molecule has 0 aromatic heterocycles. The molecule has 7 heteroatoms. The molecule has 172 valence electrons. The van der Waals surface area contributed by atoms with E-state index in [1.54, 1.807) is 12.1 Å². The van der Waals surface area contributed by atoms with Gasteiger partial charge in [-0.3, -0.25) is 9.59 Å². The summed E-state index contributed by atoms with van der Waals surface area (Å²) in [7, 11) is 0. The number of carbonyl (C=O) groups excluding carboxylic acids is 2. The van der Waals surface area contributed by atoms with Crippen LogP contribution < -0.4 is 4.74 Å². The third kappa shape index (κ3) is 6.36. The van der Waals surface area contributed by atoms with Crippen LogP contribution >= 0.6 is 11.6 Å². The topological polar surface area (TPSA) is 59.1 Å². The molecule has 1 aromatic rings. The molecular formula is C24H35ClN2O4. The van der Waals surface area contributed by atoms with Gasteiger partial charge in [-0.15, -0.1) is 0 Å². The van der Waals surface area contributed by atoms with Crippen molar-refractivity contribution in [3.63, 3.8) is 0 Å². The molecule has 3 rings (SSSR count). The van der Waals surface area contributed by atoms with E-state index in [0.717, 1.165) is 38.8 Å². The van der Waals surface area contributed by atoms with Crippen LogP contribution in [-0.4, -0.2) is 66.6 Å². The molecule has 0 radical (unpaired) electrons. The molecule has 1 aromatic carbocycles. The van der Waals surface area contributed by atoms with Gasteiger partial charge in [0.25, 0.3) is 0 Å². The lowest BCUT2D eigenvalue weighted by molar-refractivity contribution is -0.168. The molecule has 0 N–H and O–H groups in total. The highest BCUT2D eigenvalue weighted by molar-refractivity contribution is 6.30. The van der Waals surface area contributed by atoms with Crippen molar-refractivity contribution < 1.29 is 19.1 Å². The predicted molar refractivity (Wildman–Crippen MR) is 121 cm³/mol. The van der Waals surface area contributed by atoms with Gasteiger partial charge in [-0.05, 0) is 50.3 Å². The number of ether oxygens (including phenoxy) is 2. The smallest absolute Gasteiger partial charge is 0.225 e. The van der Waals surface area contributed by atoms with E-state index in [1.807, 2.05) is 35.8 Å². The van der Waals surface area contributed by atoms with Gasteiger partial charge in [-0.25, -0.2) is 0 Å². The van der Waals surface area contributed by atoms with E-state index in [1.165, 1.54) is 6.42 Å². The summed E-state index contributed by atoms with van der Waals surface area (Å²) in [6.45, 7) is 7.18. The first-order chi connectivity index (χ1) is 15.0. The number of nitrogens with zero attached hydrogens (tertiary/aromatic N) is 2. The van der Waals surface area contributed by atoms with Crippen molar-refractivity contribution in [1.82, 2.24) is 9.80 Å². The molecule has 0 aliphatic carbocycles. The van der Waals surface area contributed by atoms with Gasteiger partial charge in [0.15, 0.2) is 0 Å². The lowest BCUT2D eigenvalue weighted by Crippen LogP contribution is -2.59. The van der Waals surface area contributed by atoms with Crippen molar-refractivity contribution in [2.45, 2.75) is 58.0 Å². The van der Waals surface area contributed by atoms with Crippen molar-refractivity contribution in [1.29, 1.82) is 0 Å². The fraction of sp³-hybridized carbons (Fsp3) is 0.667. The van der Waals surface area contributed by atoms with Crippen molar-refractivity contribution >= 4 is 23.4 Å². The van der Waals surface area contributed by atoms with Gasteiger partial charge in [0, 0.05) is 30.6 Å². The van der Waals surface area contributed by atoms with Gasteiger partial charge in [0.2, 0.25) is 11.8 Å². The highest BCUT2D eigenvalue weighted by Crippen LogP contribution is 2.28. The zero-order valence-electron chi connectivity index (χ0n) is 18.8. The number of benzene rings is 1. The Morgan fingerprint density at radius 1 is 1.13 bits per heavy atom. The normalized spacial score (nSPS) is 21.9. The number of halogens is 1. The Morgan fingerprint density at radius 2 is 1.87 bits per heavy atom. The van der Waals surface area contributed by atoms with Crippen LogP contribution in [0.2, 0.25) is 5.02 Å². The van der Waals surface area contributed by atoms with E-state index < -0.39 is 5.60 Å². The average molecular weight is 451 g/mol. The number of hydrogen-bond acceptors (Lipinski definition) is 4. The fourth-order valence-corrected chi connectivity index (χ4v) is 4.66. The Kier molecular flexibility index (Phi) is 8.61. The molecule has 0 saturated carbocycles. The van der Waals surface area contributed by atoms with Crippen LogP contribution in [0.1, 0.15) is 52.4 Å². The van der Waals surface area contributed by atoms with Gasteiger partial charge >= 0.3 is 0 Å². The van der Waals surface area contributed by atoms with E-state index in [2.05, 4.69) is 0 Å². The summed E-state index contributed by atoms with van der Waals surface area (Å²) in [6.07, 6.45) is 5.08. The summed E-state index contributed by atoms with van der Waals surface area (Å²) in [5, 5.41) is 0.589. The van der Waals surface area contributed by atoms with Crippen LogP contribution in [0.3, 0.4) is 0 Å². The lowest BCUT2D eigenvalue weighted by atomic mass is 9.94. The second-order valence-electron chi connectivity index (χ2n) is 8.67. The molecule has 6 nitrogen and oxygen atoms in total. The Morgan fingerprint density at radius 3 is 2.55 bits per heavy atom. The SMILES string of the molecule is CCC(CC)C(=O)N1CCO[C@@](COc2cccc(Cl)c2)(CC(=O)N2CCCCC2)C1. The summed E-state index contributed by atoms with van der Waals surface area (Å²) in [5.74, 6) is 0.851. The van der Waals surface area contributed by atoms with Crippen molar-refractivity contribution in [2.75, 3.05) is 39.4 Å². The second-order valence-corrected chi connectivity index (χ2v) is 9.11. The van der Waals surface area contributed by atoms with Crippen molar-refractivity contribution in [3.05, 3.63) is 29.3 Å². The second kappa shape index (κ2) is 11.2. The summed E-state index contributed by atoms with van der Waals surface area (Å²) < 4.78 is 12.2. The van der Waals surface area contributed by atoms with Crippen molar-refractivity contribution in [2.24, 2.45) is 5.92 Å². The first-order valence-electron chi connectivity index (χ1n) is 11.5. The third-order valence-corrected chi connectivity index (χ3v) is 6.61. The minimum Gasteiger partial charge on any atom is -0.490 e. The largest absolute Gasteiger partial charge is 0.490 e. The first-order valence-corrected chi connectivity index (χ1v) is 11.9. The highest BCUT2D eigenvalue weighted by atomic mass is 35.5. The van der Waals surface area contributed by atoms with E-state index in [-0.39, 0.29) is 30.8 Å². The molecule has 2 aliphatic heterocycles. The molecule has 0 spiro atoms. The Labute approximate surface area is 190 Å². The number of amides is 2. The first kappa shape index (κ1) is 23.9. The van der Waals surface area contributed by atoms with Gasteiger partial charge in [-0.1, -0.05) is 31.5 Å². The molecule has 1 atom stereocenters. The zero-order valence-corrected chi connectivity index (χ0v) is 19.5. The maximum atomic E-state index is 13.1. The molecule has 31 heavy (non-hydrogen) atoms. The molecule has 0 bridgehead atoms. The summed E-state index contributed by atoms with van der Waals surface area (Å²) in [5.41, 5.74) is -0.864. The molecule has 2 amide bonds. The monoisotopic (exact) mass is 450 g/mol. The number of carbonyl (C=O) groups is 2. The molecule has 2 saturated heterocycles. The lowest BCUT2D eigenvalue weighted by Gasteiger charge is -2.44. The molecule has 0 unspecified atom stereocenters. The van der Waals surface area contributed by atoms with Crippen LogP contribution in [0.15, 0.2) is 24.3 Å². The van der Waals surface area contributed by atoms with E-state index in [9.17, 15) is 9.59 Å². The van der Waals surface area contributed by atoms with Gasteiger partial charge < -0.3 is 19.3 Å². The predicted octanol–water partition coefficient (Wildman–Crippen LogP) is 4.16. The molecule has 2 aliphatic rings. The fourth-order valence-electron chi connectivity index (χ4n) is 4.48. The van der Waals surface area contributed by atoms with Crippen LogP contribution in [-0.2, 0) is 14.3 Å². The number of morpholine rings is 1. The summed E-state index contributed by atoms with van der Waals surface area (Å²) in [4.78, 5) is 30.0. The standard InChI is InChI=1S/C24H35ClN2O4/c1-3-19(4-2)23(29)27-13-14-31-24(17-27,16-22(28)26-11-6-5-7-12-26)18-30-21-10-8-9-20(25)15-21/h8-10,15,19H,3-7,11-14,16-18H2,1-2H3/t24-/m0/s1. The molecule has 2 fully saturated rings. The average Bonchev–Trinajstić information content (AvgIpc) is 2.79. The van der Waals surface area contributed by atoms with Crippen LogP contribution in [0.5, 0.6) is 5.75 Å². The molecular weight excluding hydrogens is 416 g/mol. The van der Waals surface area contributed by atoms with Crippen molar-refractivity contribution in [3.8, 4) is 5.75 Å². The highest BCUT2D eigenvalue weighted by Gasteiger charge is 2.43. The summed E-state index contributed by atoms with van der Waals surface area (Å²) >= 11 is 6.09. The Balaban J connectivity index is 1.77. The number of piperidine rings is 1. The van der Waals surface area contributed by atoms with Crippen LogP contribution in [0.25, 0.3) is 0 Å². The maximum Gasteiger partial charge on any atom is 0.225 e. The van der Waals surface area contributed by atoms with Gasteiger partial charge in [-0.2, -0.15) is 0 Å². The number of likely N-dealkylation sites (tertiary alicyclic amines) is 1. The third-order valence-electron chi connectivity index (χ3n) is 6.38. The van der Waals surface area contributed by atoms with E-state index >= 15 is 0 Å². The van der Waals surface area contributed by atoms with E-state index in [0.29, 0.717) is 30.5 Å². The molecule has 2 heterocycles. The Hall–Kier alpha value is -1.79. The van der Waals surface area contributed by atoms with Gasteiger partial charge in [0.1, 0.15) is 18.0 Å². The zero-order chi connectivity index (χ0) is 22.3. The minimum absolute atomic E-state index is 0.00226. The summed E-state index contributed by atoms with van der Waals surface area (Å²) in [6, 6.07) is 7.20. The Bertz CT molecular complexity index is 749. The minimum atomic E-state index is -0.864. The maximum absolute atomic E-state index is 13.1. The van der Waals surface area contributed by atoms with Crippen LogP contribution in [0.4, 0.5) is 0 Å².